The Hall–Kier alpha value is -0.580. The van der Waals surface area contributed by atoms with E-state index in [1.807, 2.05) is 17.0 Å². The van der Waals surface area contributed by atoms with E-state index < -0.39 is 0 Å². The van der Waals surface area contributed by atoms with Crippen LogP contribution in [0.4, 0.5) is 0 Å². The van der Waals surface area contributed by atoms with Crippen LogP contribution in [0, 0.1) is 5.92 Å². The number of carbonyl (C=O) groups excluding carboxylic acids is 1. The molecule has 2 N–H and O–H groups in total. The van der Waals surface area contributed by atoms with E-state index in [-0.39, 0.29) is 18.3 Å². The van der Waals surface area contributed by atoms with Gasteiger partial charge in [0.25, 0.3) is 0 Å². The number of rotatable bonds is 4. The minimum atomic E-state index is 0. The molecule has 0 saturated carbocycles. The molecule has 1 aromatic rings. The number of hydrogen-bond acceptors (Lipinski definition) is 2. The molecule has 1 heterocycles. The highest BCUT2D eigenvalue weighted by atomic mass is 79.9. The molecule has 1 aliphatic rings. The van der Waals surface area contributed by atoms with Gasteiger partial charge in [0.15, 0.2) is 0 Å². The van der Waals surface area contributed by atoms with Gasteiger partial charge < -0.3 is 10.6 Å². The van der Waals surface area contributed by atoms with Crippen molar-refractivity contribution in [3.63, 3.8) is 0 Å². The summed E-state index contributed by atoms with van der Waals surface area (Å²) in [5, 5.41) is 0. The minimum Gasteiger partial charge on any atom is -0.340 e. The predicted octanol–water partition coefficient (Wildman–Crippen LogP) is 3.00. The van der Waals surface area contributed by atoms with Crippen molar-refractivity contribution in [2.45, 2.75) is 32.2 Å². The fraction of sp³-hybridized carbons (Fsp3) is 0.533. The van der Waals surface area contributed by atoms with E-state index in [1.165, 1.54) is 5.56 Å². The van der Waals surface area contributed by atoms with E-state index in [0.29, 0.717) is 24.9 Å². The minimum absolute atomic E-state index is 0. The van der Waals surface area contributed by atoms with Crippen molar-refractivity contribution in [1.82, 2.24) is 4.90 Å². The van der Waals surface area contributed by atoms with Crippen molar-refractivity contribution in [3.05, 3.63) is 34.3 Å². The zero-order chi connectivity index (χ0) is 13.8. The molecule has 2 rings (SSSR count). The fourth-order valence-corrected chi connectivity index (χ4v) is 2.97. The molecule has 0 aliphatic carbocycles. The van der Waals surface area contributed by atoms with Gasteiger partial charge >= 0.3 is 0 Å². The Bertz CT molecular complexity index is 438. The Morgan fingerprint density at radius 2 is 2.05 bits per heavy atom. The Balaban J connectivity index is 0.00000200. The number of carbonyl (C=O) groups is 1. The summed E-state index contributed by atoms with van der Waals surface area (Å²) >= 11 is 3.41. The molecule has 20 heavy (non-hydrogen) atoms. The molecule has 0 bridgehead atoms. The largest absolute Gasteiger partial charge is 0.340 e. The van der Waals surface area contributed by atoms with Gasteiger partial charge in [-0.1, -0.05) is 28.1 Å². The lowest BCUT2D eigenvalue weighted by Gasteiger charge is -2.21. The van der Waals surface area contributed by atoms with Crippen LogP contribution in [-0.2, 0) is 11.2 Å². The van der Waals surface area contributed by atoms with Crippen LogP contribution < -0.4 is 5.73 Å². The molecule has 112 valence electrons. The van der Waals surface area contributed by atoms with Crippen molar-refractivity contribution < 1.29 is 4.79 Å². The van der Waals surface area contributed by atoms with Gasteiger partial charge in [-0.05, 0) is 49.9 Å². The van der Waals surface area contributed by atoms with Gasteiger partial charge in [-0.3, -0.25) is 4.79 Å². The highest BCUT2D eigenvalue weighted by Crippen LogP contribution is 2.23. The zero-order valence-electron chi connectivity index (χ0n) is 11.7. The van der Waals surface area contributed by atoms with Crippen LogP contribution in [0.5, 0.6) is 0 Å². The normalized spacial score (nSPS) is 21.6. The number of halogens is 2. The Morgan fingerprint density at radius 3 is 2.60 bits per heavy atom. The number of amides is 1. The summed E-state index contributed by atoms with van der Waals surface area (Å²) in [5.41, 5.74) is 6.90. The summed E-state index contributed by atoms with van der Waals surface area (Å²) in [6.07, 6.45) is 2.44. The SMILES string of the molecule is CC1CC(CN)CN1C(=O)CCc1ccc(Br)cc1.Cl. The third kappa shape index (κ3) is 4.47. The number of nitrogens with zero attached hydrogens (tertiary/aromatic N) is 1. The van der Waals surface area contributed by atoms with Crippen LogP contribution >= 0.6 is 28.3 Å². The smallest absolute Gasteiger partial charge is 0.223 e. The second-order valence-electron chi connectivity index (χ2n) is 5.36. The molecule has 0 spiro atoms. The number of aryl methyl sites for hydroxylation is 1. The first kappa shape index (κ1) is 17.5. The Morgan fingerprint density at radius 1 is 1.40 bits per heavy atom. The molecule has 1 amide bonds. The second-order valence-corrected chi connectivity index (χ2v) is 6.27. The highest BCUT2D eigenvalue weighted by Gasteiger charge is 2.30. The standard InChI is InChI=1S/C15H21BrN2O.ClH/c1-11-8-13(9-17)10-18(11)15(19)7-4-12-2-5-14(16)6-3-12;/h2-3,5-6,11,13H,4,7-10,17H2,1H3;1H. The van der Waals surface area contributed by atoms with Crippen LogP contribution in [0.3, 0.4) is 0 Å². The van der Waals surface area contributed by atoms with Crippen molar-refractivity contribution in [1.29, 1.82) is 0 Å². The number of hydrogen-bond donors (Lipinski definition) is 1. The van der Waals surface area contributed by atoms with Crippen LogP contribution in [0.25, 0.3) is 0 Å². The summed E-state index contributed by atoms with van der Waals surface area (Å²) in [6, 6.07) is 8.50. The van der Waals surface area contributed by atoms with Gasteiger partial charge in [-0.25, -0.2) is 0 Å². The molecule has 0 radical (unpaired) electrons. The van der Waals surface area contributed by atoms with E-state index in [4.69, 9.17) is 5.73 Å². The van der Waals surface area contributed by atoms with Gasteiger partial charge in [-0.15, -0.1) is 12.4 Å². The zero-order valence-corrected chi connectivity index (χ0v) is 14.1. The van der Waals surface area contributed by atoms with Crippen molar-refractivity contribution >= 4 is 34.2 Å². The topological polar surface area (TPSA) is 46.3 Å². The molecule has 0 aromatic heterocycles. The van der Waals surface area contributed by atoms with Crippen LogP contribution in [0.1, 0.15) is 25.3 Å². The molecule has 1 aliphatic heterocycles. The lowest BCUT2D eigenvalue weighted by Crippen LogP contribution is -2.34. The molecule has 1 saturated heterocycles. The van der Waals surface area contributed by atoms with Crippen LogP contribution in [0.15, 0.2) is 28.7 Å². The Labute approximate surface area is 135 Å². The molecular weight excluding hydrogens is 340 g/mol. The average Bonchev–Trinajstić information content (AvgIpc) is 2.79. The van der Waals surface area contributed by atoms with E-state index in [0.717, 1.165) is 23.9 Å². The van der Waals surface area contributed by atoms with Gasteiger partial charge in [0.05, 0.1) is 0 Å². The molecular formula is C15H22BrClN2O. The summed E-state index contributed by atoms with van der Waals surface area (Å²) in [4.78, 5) is 14.2. The molecule has 5 heteroatoms. The summed E-state index contributed by atoms with van der Waals surface area (Å²) in [5.74, 6) is 0.734. The quantitative estimate of drug-likeness (QED) is 0.896. The molecule has 1 aromatic carbocycles. The predicted molar refractivity (Wildman–Crippen MR) is 88.0 cm³/mol. The maximum Gasteiger partial charge on any atom is 0.223 e. The van der Waals surface area contributed by atoms with Gasteiger partial charge in [0.2, 0.25) is 5.91 Å². The van der Waals surface area contributed by atoms with Crippen LogP contribution in [-0.4, -0.2) is 29.9 Å². The van der Waals surface area contributed by atoms with E-state index in [1.54, 1.807) is 0 Å². The molecule has 3 nitrogen and oxygen atoms in total. The molecule has 2 unspecified atom stereocenters. The van der Waals surface area contributed by atoms with Crippen LogP contribution in [0.2, 0.25) is 0 Å². The lowest BCUT2D eigenvalue weighted by atomic mass is 10.1. The van der Waals surface area contributed by atoms with Gasteiger partial charge in [-0.2, -0.15) is 0 Å². The van der Waals surface area contributed by atoms with Crippen molar-refractivity contribution in [3.8, 4) is 0 Å². The van der Waals surface area contributed by atoms with E-state index in [2.05, 4.69) is 35.0 Å². The third-order valence-corrected chi connectivity index (χ3v) is 4.38. The van der Waals surface area contributed by atoms with Crippen molar-refractivity contribution in [2.24, 2.45) is 11.7 Å². The first-order valence-electron chi connectivity index (χ1n) is 6.84. The Kier molecular flexibility index (Phi) is 7.00. The first-order chi connectivity index (χ1) is 9.10. The number of likely N-dealkylation sites (tertiary alicyclic amines) is 1. The maximum absolute atomic E-state index is 12.2. The monoisotopic (exact) mass is 360 g/mol. The summed E-state index contributed by atoms with van der Waals surface area (Å²) in [7, 11) is 0. The first-order valence-corrected chi connectivity index (χ1v) is 7.63. The van der Waals surface area contributed by atoms with E-state index in [9.17, 15) is 4.79 Å². The molecule has 2 atom stereocenters. The number of benzene rings is 1. The summed E-state index contributed by atoms with van der Waals surface area (Å²) < 4.78 is 1.07. The maximum atomic E-state index is 12.2. The number of nitrogens with two attached hydrogens (primary N) is 1. The molecule has 1 fully saturated rings. The van der Waals surface area contributed by atoms with Crippen molar-refractivity contribution in [2.75, 3.05) is 13.1 Å². The van der Waals surface area contributed by atoms with Gasteiger partial charge in [0, 0.05) is 23.5 Å². The average molecular weight is 362 g/mol. The lowest BCUT2D eigenvalue weighted by molar-refractivity contribution is -0.131. The fourth-order valence-electron chi connectivity index (χ4n) is 2.71. The summed E-state index contributed by atoms with van der Waals surface area (Å²) in [6.45, 7) is 3.63. The third-order valence-electron chi connectivity index (χ3n) is 3.86. The highest BCUT2D eigenvalue weighted by molar-refractivity contribution is 9.10. The van der Waals surface area contributed by atoms with E-state index >= 15 is 0 Å². The second kappa shape index (κ2) is 8.01. The van der Waals surface area contributed by atoms with Gasteiger partial charge in [0.1, 0.15) is 0 Å².